The lowest BCUT2D eigenvalue weighted by Gasteiger charge is -2.26. The summed E-state index contributed by atoms with van der Waals surface area (Å²) in [5, 5.41) is 17.6. The highest BCUT2D eigenvalue weighted by atomic mass is 16.5. The standard InChI is InChI=1S/C8H19NO2/c1-3-4-5-6-8(2,9)7(10)11/h7,10-11H,3-6,9H2,1-2H3/t8-/m1/s1. The van der Waals surface area contributed by atoms with Gasteiger partial charge in [-0.2, -0.15) is 0 Å². The van der Waals surface area contributed by atoms with Gasteiger partial charge in [0.25, 0.3) is 0 Å². The van der Waals surface area contributed by atoms with Gasteiger partial charge >= 0.3 is 0 Å². The molecule has 11 heavy (non-hydrogen) atoms. The molecule has 0 unspecified atom stereocenters. The second kappa shape index (κ2) is 4.70. The zero-order valence-corrected chi connectivity index (χ0v) is 7.38. The van der Waals surface area contributed by atoms with Crippen molar-refractivity contribution < 1.29 is 10.2 Å². The van der Waals surface area contributed by atoms with Crippen LogP contribution in [0.4, 0.5) is 0 Å². The van der Waals surface area contributed by atoms with Crippen LogP contribution >= 0.6 is 0 Å². The topological polar surface area (TPSA) is 66.5 Å². The molecule has 0 aromatic rings. The molecular weight excluding hydrogens is 142 g/mol. The molecule has 0 bridgehead atoms. The van der Waals surface area contributed by atoms with E-state index < -0.39 is 11.8 Å². The molecular formula is C8H19NO2. The monoisotopic (exact) mass is 161 g/mol. The molecule has 3 nitrogen and oxygen atoms in total. The zero-order chi connectivity index (χ0) is 8.91. The third kappa shape index (κ3) is 4.35. The molecule has 4 N–H and O–H groups in total. The second-order valence-electron chi connectivity index (χ2n) is 3.34. The zero-order valence-electron chi connectivity index (χ0n) is 7.38. The molecule has 0 aliphatic heterocycles. The summed E-state index contributed by atoms with van der Waals surface area (Å²) in [6.07, 6.45) is 2.44. The minimum atomic E-state index is -1.40. The van der Waals surface area contributed by atoms with Crippen molar-refractivity contribution >= 4 is 0 Å². The van der Waals surface area contributed by atoms with Gasteiger partial charge in [-0.1, -0.05) is 26.2 Å². The summed E-state index contributed by atoms with van der Waals surface area (Å²) in [4.78, 5) is 0. The third-order valence-corrected chi connectivity index (χ3v) is 1.91. The lowest BCUT2D eigenvalue weighted by molar-refractivity contribution is -0.0933. The number of aliphatic hydroxyl groups excluding tert-OH is 1. The Kier molecular flexibility index (Phi) is 4.65. The van der Waals surface area contributed by atoms with E-state index in [2.05, 4.69) is 6.92 Å². The Labute approximate surface area is 68.2 Å². The number of nitrogens with two attached hydrogens (primary N) is 1. The molecule has 0 aromatic carbocycles. The Bertz CT molecular complexity index is 102. The number of hydrogen-bond donors (Lipinski definition) is 3. The Morgan fingerprint density at radius 1 is 1.36 bits per heavy atom. The maximum Gasteiger partial charge on any atom is 0.169 e. The molecule has 0 heterocycles. The number of rotatable bonds is 5. The van der Waals surface area contributed by atoms with Crippen molar-refractivity contribution in [2.45, 2.75) is 51.4 Å². The smallest absolute Gasteiger partial charge is 0.169 e. The van der Waals surface area contributed by atoms with E-state index >= 15 is 0 Å². The minimum absolute atomic E-state index is 0.665. The van der Waals surface area contributed by atoms with Gasteiger partial charge in [-0.3, -0.25) is 0 Å². The first-order valence-corrected chi connectivity index (χ1v) is 4.15. The highest BCUT2D eigenvalue weighted by Crippen LogP contribution is 2.14. The Morgan fingerprint density at radius 2 is 1.91 bits per heavy atom. The van der Waals surface area contributed by atoms with Crippen molar-refractivity contribution in [1.82, 2.24) is 0 Å². The van der Waals surface area contributed by atoms with Gasteiger partial charge in [0.2, 0.25) is 0 Å². The lowest BCUT2D eigenvalue weighted by Crippen LogP contribution is -2.47. The van der Waals surface area contributed by atoms with E-state index in [4.69, 9.17) is 15.9 Å². The summed E-state index contributed by atoms with van der Waals surface area (Å²) >= 11 is 0. The van der Waals surface area contributed by atoms with Crippen LogP contribution in [0, 0.1) is 0 Å². The first kappa shape index (κ1) is 10.9. The third-order valence-electron chi connectivity index (χ3n) is 1.91. The van der Waals surface area contributed by atoms with E-state index in [0.717, 1.165) is 19.3 Å². The van der Waals surface area contributed by atoms with Crippen LogP contribution in [-0.2, 0) is 0 Å². The summed E-state index contributed by atoms with van der Waals surface area (Å²) in [6, 6.07) is 0. The molecule has 0 fully saturated rings. The number of hydrogen-bond acceptors (Lipinski definition) is 3. The maximum absolute atomic E-state index is 8.81. The molecule has 0 saturated carbocycles. The maximum atomic E-state index is 8.81. The minimum Gasteiger partial charge on any atom is -0.367 e. The Morgan fingerprint density at radius 3 is 2.27 bits per heavy atom. The number of unbranched alkanes of at least 4 members (excludes halogenated alkanes) is 2. The van der Waals surface area contributed by atoms with E-state index in [0.29, 0.717) is 6.42 Å². The van der Waals surface area contributed by atoms with Gasteiger partial charge in [0.1, 0.15) is 0 Å². The molecule has 0 aliphatic rings. The average Bonchev–Trinajstić information content (AvgIpc) is 1.88. The molecule has 1 atom stereocenters. The van der Waals surface area contributed by atoms with Crippen LogP contribution < -0.4 is 5.73 Å². The Hall–Kier alpha value is -0.120. The van der Waals surface area contributed by atoms with E-state index in [1.54, 1.807) is 6.92 Å². The second-order valence-corrected chi connectivity index (χ2v) is 3.34. The highest BCUT2D eigenvalue weighted by Gasteiger charge is 2.25. The highest BCUT2D eigenvalue weighted by molar-refractivity contribution is 4.80. The van der Waals surface area contributed by atoms with Gasteiger partial charge in [-0.05, 0) is 13.3 Å². The molecule has 0 radical (unpaired) electrons. The average molecular weight is 161 g/mol. The van der Waals surface area contributed by atoms with Gasteiger partial charge in [-0.15, -0.1) is 0 Å². The van der Waals surface area contributed by atoms with E-state index in [1.165, 1.54) is 0 Å². The molecule has 0 spiro atoms. The van der Waals surface area contributed by atoms with Crippen LogP contribution in [0.5, 0.6) is 0 Å². The van der Waals surface area contributed by atoms with Crippen molar-refractivity contribution in [2.75, 3.05) is 0 Å². The van der Waals surface area contributed by atoms with Crippen LogP contribution in [0.3, 0.4) is 0 Å². The predicted octanol–water partition coefficient (Wildman–Crippen LogP) is 0.595. The van der Waals surface area contributed by atoms with E-state index in [1.807, 2.05) is 0 Å². The molecule has 0 aliphatic carbocycles. The van der Waals surface area contributed by atoms with Gasteiger partial charge in [-0.25, -0.2) is 0 Å². The molecule has 0 rings (SSSR count). The summed E-state index contributed by atoms with van der Waals surface area (Å²) in [6.45, 7) is 3.76. The van der Waals surface area contributed by atoms with Crippen molar-refractivity contribution in [3.8, 4) is 0 Å². The Balaban J connectivity index is 3.55. The summed E-state index contributed by atoms with van der Waals surface area (Å²) in [7, 11) is 0. The quantitative estimate of drug-likeness (QED) is 0.408. The lowest BCUT2D eigenvalue weighted by atomic mass is 9.95. The van der Waals surface area contributed by atoms with Gasteiger partial charge in [0.05, 0.1) is 5.54 Å². The fourth-order valence-corrected chi connectivity index (χ4v) is 0.885. The van der Waals surface area contributed by atoms with Gasteiger partial charge in [0.15, 0.2) is 6.29 Å². The van der Waals surface area contributed by atoms with Crippen molar-refractivity contribution in [3.05, 3.63) is 0 Å². The van der Waals surface area contributed by atoms with Crippen LogP contribution in [0.2, 0.25) is 0 Å². The van der Waals surface area contributed by atoms with Crippen molar-refractivity contribution in [1.29, 1.82) is 0 Å². The summed E-state index contributed by atoms with van der Waals surface area (Å²) in [5.41, 5.74) is 4.76. The first-order valence-electron chi connectivity index (χ1n) is 4.15. The van der Waals surface area contributed by atoms with Crippen LogP contribution in [0.1, 0.15) is 39.5 Å². The fourth-order valence-electron chi connectivity index (χ4n) is 0.885. The fraction of sp³-hybridized carbons (Fsp3) is 1.00. The first-order chi connectivity index (χ1) is 5.00. The van der Waals surface area contributed by atoms with Crippen molar-refractivity contribution in [2.24, 2.45) is 5.73 Å². The van der Waals surface area contributed by atoms with E-state index in [-0.39, 0.29) is 0 Å². The molecule has 68 valence electrons. The largest absolute Gasteiger partial charge is 0.367 e. The van der Waals surface area contributed by atoms with Crippen LogP contribution in [0.15, 0.2) is 0 Å². The summed E-state index contributed by atoms with van der Waals surface area (Å²) < 4.78 is 0. The van der Waals surface area contributed by atoms with Gasteiger partial charge in [0, 0.05) is 0 Å². The van der Waals surface area contributed by atoms with E-state index in [9.17, 15) is 0 Å². The molecule has 3 heteroatoms. The molecule has 0 saturated heterocycles. The van der Waals surface area contributed by atoms with Crippen LogP contribution in [-0.4, -0.2) is 22.0 Å². The van der Waals surface area contributed by atoms with Crippen LogP contribution in [0.25, 0.3) is 0 Å². The SMILES string of the molecule is CCCCC[C@@](C)(N)C(O)O. The molecule has 0 aromatic heterocycles. The summed E-state index contributed by atoms with van der Waals surface area (Å²) in [5.74, 6) is 0. The number of aliphatic hydroxyl groups is 2. The predicted molar refractivity (Wildman–Crippen MR) is 45.0 cm³/mol. The normalized spacial score (nSPS) is 16.9. The van der Waals surface area contributed by atoms with Crippen molar-refractivity contribution in [3.63, 3.8) is 0 Å². The molecule has 0 amide bonds. The van der Waals surface area contributed by atoms with Gasteiger partial charge < -0.3 is 15.9 Å².